The van der Waals surface area contributed by atoms with Crippen molar-refractivity contribution < 1.29 is 14.6 Å². The zero-order chi connectivity index (χ0) is 20.5. The van der Waals surface area contributed by atoms with Crippen LogP contribution in [-0.2, 0) is 17.6 Å². The first-order valence-corrected chi connectivity index (χ1v) is 11.9. The standard InChI is InChI=1S/C25H39NO3/c1-2-3-4-5-6-7-8-9-10-16-29-24-13-11-12-20-14-15-22(17-23(20)24)26-18-21(19-26)25(27)28/h11-13,21-22H,2-10,14-19H2,1H3,(H,27,28). The van der Waals surface area contributed by atoms with Crippen LogP contribution in [-0.4, -0.2) is 41.7 Å². The van der Waals surface area contributed by atoms with Gasteiger partial charge in [-0.15, -0.1) is 0 Å². The number of ether oxygens (including phenoxy) is 1. The number of hydrogen-bond donors (Lipinski definition) is 1. The van der Waals surface area contributed by atoms with Crippen LogP contribution < -0.4 is 4.74 Å². The Bertz CT molecular complexity index is 639. The van der Waals surface area contributed by atoms with Gasteiger partial charge in [-0.05, 0) is 42.9 Å². The van der Waals surface area contributed by atoms with Crippen LogP contribution in [0.25, 0.3) is 0 Å². The van der Waals surface area contributed by atoms with E-state index in [0.29, 0.717) is 19.1 Å². The lowest BCUT2D eigenvalue weighted by Gasteiger charge is -2.44. The van der Waals surface area contributed by atoms with Gasteiger partial charge in [0.05, 0.1) is 12.5 Å². The van der Waals surface area contributed by atoms with Crippen molar-refractivity contribution in [3.05, 3.63) is 29.3 Å². The third-order valence-corrected chi connectivity index (χ3v) is 6.70. The monoisotopic (exact) mass is 401 g/mol. The molecule has 0 saturated carbocycles. The lowest BCUT2D eigenvalue weighted by Crippen LogP contribution is -2.56. The normalized spacial score (nSPS) is 19.6. The second-order valence-corrected chi connectivity index (χ2v) is 8.96. The Hall–Kier alpha value is -1.55. The summed E-state index contributed by atoms with van der Waals surface area (Å²) in [6, 6.07) is 6.93. The van der Waals surface area contributed by atoms with Crippen LogP contribution in [0.3, 0.4) is 0 Å². The molecule has 4 heteroatoms. The summed E-state index contributed by atoms with van der Waals surface area (Å²) in [5.74, 6) is 0.235. The summed E-state index contributed by atoms with van der Waals surface area (Å²) in [6.45, 7) is 4.49. The van der Waals surface area contributed by atoms with Crippen molar-refractivity contribution in [3.8, 4) is 5.75 Å². The Morgan fingerprint density at radius 2 is 1.76 bits per heavy atom. The zero-order valence-electron chi connectivity index (χ0n) is 18.2. The molecule has 1 aliphatic heterocycles. The fourth-order valence-corrected chi connectivity index (χ4v) is 4.75. The predicted molar refractivity (Wildman–Crippen MR) is 118 cm³/mol. The number of likely N-dealkylation sites (tertiary alicyclic amines) is 1. The summed E-state index contributed by atoms with van der Waals surface area (Å²) in [6.07, 6.45) is 15.2. The summed E-state index contributed by atoms with van der Waals surface area (Å²) < 4.78 is 6.19. The first-order valence-electron chi connectivity index (χ1n) is 11.9. The van der Waals surface area contributed by atoms with E-state index in [2.05, 4.69) is 30.0 Å². The largest absolute Gasteiger partial charge is 0.493 e. The molecule has 0 radical (unpaired) electrons. The van der Waals surface area contributed by atoms with Crippen molar-refractivity contribution in [2.24, 2.45) is 5.92 Å². The Kier molecular flexibility index (Phi) is 8.85. The highest BCUT2D eigenvalue weighted by molar-refractivity contribution is 5.71. The second kappa shape index (κ2) is 11.6. The Labute approximate surface area is 176 Å². The van der Waals surface area contributed by atoms with Crippen LogP contribution in [0, 0.1) is 5.92 Å². The molecular weight excluding hydrogens is 362 g/mol. The third kappa shape index (κ3) is 6.47. The Balaban J connectivity index is 1.37. The molecule has 0 aromatic heterocycles. The average Bonchev–Trinajstić information content (AvgIpc) is 2.68. The van der Waals surface area contributed by atoms with Crippen LogP contribution in [0.15, 0.2) is 18.2 Å². The van der Waals surface area contributed by atoms with Crippen molar-refractivity contribution in [1.29, 1.82) is 0 Å². The van der Waals surface area contributed by atoms with Gasteiger partial charge in [0.2, 0.25) is 0 Å². The molecule has 162 valence electrons. The summed E-state index contributed by atoms with van der Waals surface area (Å²) in [4.78, 5) is 13.4. The summed E-state index contributed by atoms with van der Waals surface area (Å²) >= 11 is 0. The number of carboxylic acids is 1. The number of nitrogens with zero attached hydrogens (tertiary/aromatic N) is 1. The van der Waals surface area contributed by atoms with E-state index >= 15 is 0 Å². The molecule has 1 fully saturated rings. The maximum absolute atomic E-state index is 11.1. The van der Waals surface area contributed by atoms with Crippen molar-refractivity contribution in [2.75, 3.05) is 19.7 Å². The van der Waals surface area contributed by atoms with Crippen LogP contribution in [0.1, 0.15) is 82.3 Å². The van der Waals surface area contributed by atoms with Gasteiger partial charge in [-0.3, -0.25) is 9.69 Å². The highest BCUT2D eigenvalue weighted by Gasteiger charge is 2.38. The number of rotatable bonds is 13. The fourth-order valence-electron chi connectivity index (χ4n) is 4.75. The second-order valence-electron chi connectivity index (χ2n) is 8.96. The van der Waals surface area contributed by atoms with Gasteiger partial charge in [0, 0.05) is 19.1 Å². The van der Waals surface area contributed by atoms with Crippen molar-refractivity contribution in [3.63, 3.8) is 0 Å². The molecule has 3 rings (SSSR count). The van der Waals surface area contributed by atoms with Crippen molar-refractivity contribution in [1.82, 2.24) is 4.90 Å². The van der Waals surface area contributed by atoms with Crippen LogP contribution in [0.5, 0.6) is 5.75 Å². The van der Waals surface area contributed by atoms with E-state index in [1.807, 2.05) is 0 Å². The molecule has 2 aliphatic rings. The molecule has 4 nitrogen and oxygen atoms in total. The van der Waals surface area contributed by atoms with E-state index in [-0.39, 0.29) is 5.92 Å². The molecule has 1 aliphatic carbocycles. The maximum Gasteiger partial charge on any atom is 0.309 e. The Morgan fingerprint density at radius 3 is 2.45 bits per heavy atom. The van der Waals surface area contributed by atoms with E-state index in [9.17, 15) is 4.79 Å². The lowest BCUT2D eigenvalue weighted by atomic mass is 9.84. The SMILES string of the molecule is CCCCCCCCCCCOc1cccc2c1CC(N1CC(C(=O)O)C1)CC2. The van der Waals surface area contributed by atoms with Gasteiger partial charge in [-0.25, -0.2) is 0 Å². The molecule has 1 heterocycles. The molecule has 1 saturated heterocycles. The number of aliphatic carboxylic acids is 1. The van der Waals surface area contributed by atoms with E-state index < -0.39 is 5.97 Å². The summed E-state index contributed by atoms with van der Waals surface area (Å²) in [7, 11) is 0. The Morgan fingerprint density at radius 1 is 1.07 bits per heavy atom. The van der Waals surface area contributed by atoms with Gasteiger partial charge < -0.3 is 9.84 Å². The molecule has 0 spiro atoms. The lowest BCUT2D eigenvalue weighted by molar-refractivity contribution is -0.148. The fraction of sp³-hybridized carbons (Fsp3) is 0.720. The summed E-state index contributed by atoms with van der Waals surface area (Å²) in [5, 5.41) is 9.13. The minimum atomic E-state index is -0.651. The van der Waals surface area contributed by atoms with Crippen molar-refractivity contribution >= 4 is 5.97 Å². The van der Waals surface area contributed by atoms with E-state index in [4.69, 9.17) is 9.84 Å². The highest BCUT2D eigenvalue weighted by atomic mass is 16.5. The third-order valence-electron chi connectivity index (χ3n) is 6.70. The van der Waals surface area contributed by atoms with Crippen LogP contribution in [0.4, 0.5) is 0 Å². The van der Waals surface area contributed by atoms with E-state index in [0.717, 1.165) is 38.0 Å². The summed E-state index contributed by atoms with van der Waals surface area (Å²) in [5.41, 5.74) is 2.78. The van der Waals surface area contributed by atoms with E-state index in [1.165, 1.54) is 62.5 Å². The molecule has 1 aromatic rings. The number of unbranched alkanes of at least 4 members (excludes halogenated alkanes) is 8. The van der Waals surface area contributed by atoms with Crippen molar-refractivity contribution in [2.45, 2.75) is 90.0 Å². The number of benzene rings is 1. The number of carbonyl (C=O) groups is 1. The highest BCUT2D eigenvalue weighted by Crippen LogP contribution is 2.34. The van der Waals surface area contributed by atoms with Gasteiger partial charge in [-0.1, -0.05) is 70.4 Å². The van der Waals surface area contributed by atoms with Gasteiger partial charge in [0.1, 0.15) is 5.75 Å². The van der Waals surface area contributed by atoms with E-state index in [1.54, 1.807) is 0 Å². The van der Waals surface area contributed by atoms with Crippen LogP contribution in [0.2, 0.25) is 0 Å². The minimum Gasteiger partial charge on any atom is -0.493 e. The van der Waals surface area contributed by atoms with Crippen LogP contribution >= 0.6 is 0 Å². The number of carboxylic acid groups (broad SMARTS) is 1. The first kappa shape index (κ1) is 22.1. The number of aryl methyl sites for hydroxylation is 1. The smallest absolute Gasteiger partial charge is 0.309 e. The minimum absolute atomic E-state index is 0.172. The van der Waals surface area contributed by atoms with Gasteiger partial charge in [-0.2, -0.15) is 0 Å². The molecule has 1 unspecified atom stereocenters. The maximum atomic E-state index is 11.1. The molecular formula is C25H39NO3. The molecule has 29 heavy (non-hydrogen) atoms. The zero-order valence-corrected chi connectivity index (χ0v) is 18.2. The molecule has 1 atom stereocenters. The molecule has 0 bridgehead atoms. The topological polar surface area (TPSA) is 49.8 Å². The van der Waals surface area contributed by atoms with Gasteiger partial charge >= 0.3 is 5.97 Å². The molecule has 1 N–H and O–H groups in total. The van der Waals surface area contributed by atoms with Gasteiger partial charge in [0.25, 0.3) is 0 Å². The quantitative estimate of drug-likeness (QED) is 0.445. The number of fused-ring (bicyclic) bond motifs is 1. The predicted octanol–water partition coefficient (Wildman–Crippen LogP) is 5.47. The number of hydrogen-bond acceptors (Lipinski definition) is 3. The first-order chi connectivity index (χ1) is 14.2. The van der Waals surface area contributed by atoms with Gasteiger partial charge in [0.15, 0.2) is 0 Å². The molecule has 1 aromatic carbocycles. The average molecular weight is 402 g/mol. The molecule has 0 amide bonds.